The third-order valence-corrected chi connectivity index (χ3v) is 7.61. The van der Waals surface area contributed by atoms with Gasteiger partial charge in [0, 0.05) is 13.1 Å². The molecule has 0 unspecified atom stereocenters. The summed E-state index contributed by atoms with van der Waals surface area (Å²) in [4.78, 5) is 24.9. The summed E-state index contributed by atoms with van der Waals surface area (Å²) in [7, 11) is 1.68. The molecule has 0 aliphatic heterocycles. The topological polar surface area (TPSA) is 120 Å². The molecule has 1 amide bonds. The maximum absolute atomic E-state index is 12.7. The van der Waals surface area contributed by atoms with E-state index in [9.17, 15) is 9.59 Å². The largest absolute Gasteiger partial charge is 0.379 e. The molecule has 170 valence electrons. The van der Waals surface area contributed by atoms with Crippen molar-refractivity contribution in [3.8, 4) is 0 Å². The van der Waals surface area contributed by atoms with E-state index in [1.807, 2.05) is 0 Å². The Morgan fingerprint density at radius 3 is 2.68 bits per heavy atom. The van der Waals surface area contributed by atoms with Gasteiger partial charge in [0.2, 0.25) is 5.91 Å². The van der Waals surface area contributed by atoms with Crippen LogP contribution in [0, 0.1) is 23.2 Å². The fourth-order valence-corrected chi connectivity index (χ4v) is 4.41. The maximum Gasteiger partial charge on any atom is 0.288 e. The molecule has 1 saturated carbocycles. The van der Waals surface area contributed by atoms with E-state index < -0.39 is 5.56 Å². The normalized spacial score (nSPS) is 25.3. The lowest BCUT2D eigenvalue weighted by Crippen LogP contribution is -2.48. The van der Waals surface area contributed by atoms with E-state index in [0.29, 0.717) is 29.3 Å². The quantitative estimate of drug-likeness (QED) is 0.689. The van der Waals surface area contributed by atoms with Gasteiger partial charge in [-0.1, -0.05) is 46.2 Å². The third kappa shape index (κ3) is 4.73. The molecule has 11 heteroatoms. The van der Waals surface area contributed by atoms with Crippen LogP contribution in [0.2, 0.25) is 5.02 Å². The summed E-state index contributed by atoms with van der Waals surface area (Å²) in [6, 6.07) is 0.191. The number of rotatable bonds is 6. The standard InChI is InChI=1S/C20H31ClN8O2/c1-11-7-14(12(2)13(3)20(11,4)5)24-15-8-23-29(19(31)18(15)21)10-17(30)22-9-16-25-26-27-28(16)6/h8,11-14,24H,7,9-10H2,1-6H3,(H,22,30)/t11-,12+,13+,14+/m0/s1. The molecule has 10 nitrogen and oxygen atoms in total. The van der Waals surface area contributed by atoms with E-state index in [1.165, 1.54) is 10.9 Å². The summed E-state index contributed by atoms with van der Waals surface area (Å²) in [5, 5.41) is 21.3. The molecule has 1 aliphatic rings. The first-order chi connectivity index (χ1) is 14.5. The van der Waals surface area contributed by atoms with Gasteiger partial charge >= 0.3 is 0 Å². The van der Waals surface area contributed by atoms with Crippen molar-refractivity contribution in [1.82, 2.24) is 35.3 Å². The molecule has 3 rings (SSSR count). The van der Waals surface area contributed by atoms with Crippen LogP contribution in [-0.2, 0) is 24.9 Å². The summed E-state index contributed by atoms with van der Waals surface area (Å²) < 4.78 is 2.51. The number of amides is 1. The van der Waals surface area contributed by atoms with Crippen molar-refractivity contribution in [2.45, 2.75) is 60.2 Å². The predicted molar refractivity (Wildman–Crippen MR) is 117 cm³/mol. The lowest BCUT2D eigenvalue weighted by Gasteiger charge is -2.50. The number of tetrazole rings is 1. The van der Waals surface area contributed by atoms with E-state index in [-0.39, 0.29) is 35.5 Å². The first-order valence-electron chi connectivity index (χ1n) is 10.5. The van der Waals surface area contributed by atoms with Crippen LogP contribution < -0.4 is 16.2 Å². The highest BCUT2D eigenvalue weighted by Gasteiger charge is 2.43. The van der Waals surface area contributed by atoms with Crippen LogP contribution in [0.4, 0.5) is 5.69 Å². The van der Waals surface area contributed by atoms with Crippen LogP contribution >= 0.6 is 11.6 Å². The Morgan fingerprint density at radius 2 is 2.03 bits per heavy atom. The SMILES string of the molecule is C[C@@H]1[C@@H](C)C(C)(C)[C@@H](C)C[C@H]1Nc1cnn(CC(=O)NCc2nnnn2C)c(=O)c1Cl. The highest BCUT2D eigenvalue weighted by molar-refractivity contribution is 6.32. The fraction of sp³-hybridized carbons (Fsp3) is 0.700. The van der Waals surface area contributed by atoms with Crippen molar-refractivity contribution in [2.24, 2.45) is 30.2 Å². The molecule has 0 aromatic carbocycles. The van der Waals surface area contributed by atoms with Gasteiger partial charge in [-0.3, -0.25) is 9.59 Å². The highest BCUT2D eigenvalue weighted by atomic mass is 35.5. The summed E-state index contributed by atoms with van der Waals surface area (Å²) in [5.74, 6) is 1.55. The van der Waals surface area contributed by atoms with Crippen LogP contribution in [0.5, 0.6) is 0 Å². The van der Waals surface area contributed by atoms with E-state index >= 15 is 0 Å². The molecule has 0 saturated heterocycles. The van der Waals surface area contributed by atoms with Crippen LogP contribution in [0.3, 0.4) is 0 Å². The third-order valence-electron chi connectivity index (χ3n) is 7.25. The van der Waals surface area contributed by atoms with Gasteiger partial charge in [0.05, 0.1) is 18.4 Å². The first kappa shape index (κ1) is 23.2. The molecular weight excluding hydrogens is 420 g/mol. The van der Waals surface area contributed by atoms with E-state index in [4.69, 9.17) is 11.6 Å². The van der Waals surface area contributed by atoms with Gasteiger partial charge in [0.15, 0.2) is 5.82 Å². The number of aryl methyl sites for hydroxylation is 1. The van der Waals surface area contributed by atoms with Crippen molar-refractivity contribution in [2.75, 3.05) is 5.32 Å². The van der Waals surface area contributed by atoms with Gasteiger partial charge in [-0.25, -0.2) is 9.36 Å². The Bertz CT molecular complexity index is 1000. The van der Waals surface area contributed by atoms with Crippen molar-refractivity contribution in [3.05, 3.63) is 27.4 Å². The Morgan fingerprint density at radius 1 is 1.32 bits per heavy atom. The molecule has 2 aromatic rings. The lowest BCUT2D eigenvalue weighted by atomic mass is 9.58. The van der Waals surface area contributed by atoms with Crippen LogP contribution in [0.1, 0.15) is 46.9 Å². The zero-order valence-electron chi connectivity index (χ0n) is 18.9. The number of carbonyl (C=O) groups is 1. The molecule has 0 spiro atoms. The molecule has 2 N–H and O–H groups in total. The van der Waals surface area contributed by atoms with E-state index in [0.717, 1.165) is 11.1 Å². The second-order valence-corrected chi connectivity index (χ2v) is 9.57. The second kappa shape index (κ2) is 8.94. The van der Waals surface area contributed by atoms with E-state index in [2.05, 4.69) is 65.9 Å². The maximum atomic E-state index is 12.7. The molecule has 0 radical (unpaired) electrons. The molecule has 1 fully saturated rings. The number of hydrogen-bond acceptors (Lipinski definition) is 7. The van der Waals surface area contributed by atoms with Gasteiger partial charge in [0.25, 0.3) is 5.56 Å². The van der Waals surface area contributed by atoms with Crippen LogP contribution in [0.25, 0.3) is 0 Å². The average molecular weight is 451 g/mol. The number of aromatic nitrogens is 6. The van der Waals surface area contributed by atoms with Gasteiger partial charge in [-0.2, -0.15) is 5.10 Å². The number of halogens is 1. The second-order valence-electron chi connectivity index (χ2n) is 9.19. The highest BCUT2D eigenvalue weighted by Crippen LogP contribution is 2.48. The molecule has 2 heterocycles. The minimum atomic E-state index is -0.507. The van der Waals surface area contributed by atoms with Gasteiger partial charge in [-0.05, 0) is 40.0 Å². The molecule has 0 bridgehead atoms. The monoisotopic (exact) mass is 450 g/mol. The smallest absolute Gasteiger partial charge is 0.288 e. The van der Waals surface area contributed by atoms with Crippen LogP contribution in [0.15, 0.2) is 11.0 Å². The molecule has 2 aromatic heterocycles. The zero-order chi connectivity index (χ0) is 22.9. The van der Waals surface area contributed by atoms with Gasteiger partial charge < -0.3 is 10.6 Å². The molecular formula is C20H31ClN8O2. The fourth-order valence-electron chi connectivity index (χ4n) is 4.21. The van der Waals surface area contributed by atoms with Crippen molar-refractivity contribution in [1.29, 1.82) is 0 Å². The summed E-state index contributed by atoms with van der Waals surface area (Å²) >= 11 is 6.36. The average Bonchev–Trinajstić information content (AvgIpc) is 3.13. The van der Waals surface area contributed by atoms with Crippen molar-refractivity contribution >= 4 is 23.2 Å². The number of nitrogens with zero attached hydrogens (tertiary/aromatic N) is 6. The molecule has 1 aliphatic carbocycles. The Kier molecular flexibility index (Phi) is 6.68. The first-order valence-corrected chi connectivity index (χ1v) is 10.9. The minimum absolute atomic E-state index is 0.0395. The predicted octanol–water partition coefficient (Wildman–Crippen LogP) is 1.86. The Hall–Kier alpha value is -2.49. The molecule has 31 heavy (non-hydrogen) atoms. The van der Waals surface area contributed by atoms with E-state index in [1.54, 1.807) is 7.05 Å². The van der Waals surface area contributed by atoms with Gasteiger partial charge in [0.1, 0.15) is 11.6 Å². The zero-order valence-corrected chi connectivity index (χ0v) is 19.6. The number of anilines is 1. The number of nitrogens with one attached hydrogen (secondary N) is 2. The summed E-state index contributed by atoms with van der Waals surface area (Å²) in [6.45, 7) is 11.3. The van der Waals surface area contributed by atoms with Crippen LogP contribution in [-0.4, -0.2) is 41.9 Å². The Balaban J connectivity index is 1.67. The van der Waals surface area contributed by atoms with Crippen molar-refractivity contribution in [3.63, 3.8) is 0 Å². The lowest BCUT2D eigenvalue weighted by molar-refractivity contribution is -0.122. The van der Waals surface area contributed by atoms with Crippen molar-refractivity contribution < 1.29 is 4.79 Å². The summed E-state index contributed by atoms with van der Waals surface area (Å²) in [5.41, 5.74) is 0.244. The molecule has 4 atom stereocenters. The Labute approximate surface area is 186 Å². The number of carbonyl (C=O) groups excluding carboxylic acids is 1. The number of hydrogen-bond donors (Lipinski definition) is 2. The minimum Gasteiger partial charge on any atom is -0.379 e. The van der Waals surface area contributed by atoms with Gasteiger partial charge in [-0.15, -0.1) is 5.10 Å². The summed E-state index contributed by atoms with van der Waals surface area (Å²) in [6.07, 6.45) is 2.50.